The monoisotopic (exact) mass is 254 g/mol. The summed E-state index contributed by atoms with van der Waals surface area (Å²) in [6.07, 6.45) is 4.45. The fourth-order valence-corrected chi connectivity index (χ4v) is 1.95. The highest BCUT2D eigenvalue weighted by atomic mass is 127. The molecule has 1 aliphatic carbocycles. The van der Waals surface area contributed by atoms with E-state index in [1.165, 1.54) is 12.8 Å². The lowest BCUT2D eigenvalue weighted by atomic mass is 10.1. The first-order valence-corrected chi connectivity index (χ1v) is 4.59. The highest BCUT2D eigenvalue weighted by Crippen LogP contribution is 2.33. The molecule has 0 radical (unpaired) electrons. The number of hydrogen-bond donors (Lipinski definition) is 0. The Morgan fingerprint density at radius 1 is 1.50 bits per heavy atom. The number of halogens is 1. The molecule has 3 heteroatoms. The third kappa shape index (κ3) is 2.11. The average molecular weight is 254 g/mol. The van der Waals surface area contributed by atoms with Gasteiger partial charge in [0.2, 0.25) is 0 Å². The van der Waals surface area contributed by atoms with Gasteiger partial charge in [0.1, 0.15) is 5.60 Å². The van der Waals surface area contributed by atoms with Crippen LogP contribution in [-0.2, 0) is 4.74 Å². The molecule has 0 aromatic heterocycles. The van der Waals surface area contributed by atoms with Gasteiger partial charge < -0.3 is 4.74 Å². The lowest BCUT2D eigenvalue weighted by molar-refractivity contribution is 0.0517. The van der Waals surface area contributed by atoms with Crippen molar-refractivity contribution in [1.29, 1.82) is 0 Å². The Morgan fingerprint density at radius 3 is 2.40 bits per heavy atom. The van der Waals surface area contributed by atoms with Gasteiger partial charge in [-0.3, -0.25) is 0 Å². The van der Waals surface area contributed by atoms with E-state index in [1.54, 1.807) is 22.6 Å². The van der Waals surface area contributed by atoms with E-state index in [2.05, 4.69) is 0 Å². The molecule has 0 saturated heterocycles. The molecular formula is C7H11IO2. The van der Waals surface area contributed by atoms with Crippen LogP contribution < -0.4 is 0 Å². The van der Waals surface area contributed by atoms with Crippen LogP contribution in [-0.4, -0.2) is 9.58 Å². The molecule has 0 aromatic rings. The van der Waals surface area contributed by atoms with Crippen LogP contribution in [0.3, 0.4) is 0 Å². The molecule has 1 aliphatic rings. The summed E-state index contributed by atoms with van der Waals surface area (Å²) in [6, 6.07) is 0. The maximum atomic E-state index is 10.6. The normalized spacial score (nSPS) is 22.6. The summed E-state index contributed by atoms with van der Waals surface area (Å²) < 4.78 is 4.97. The maximum Gasteiger partial charge on any atom is 0.367 e. The molecule has 0 bridgehead atoms. The van der Waals surface area contributed by atoms with Crippen LogP contribution in [0.15, 0.2) is 0 Å². The topological polar surface area (TPSA) is 26.3 Å². The second-order valence-corrected chi connectivity index (χ2v) is 3.88. The molecule has 58 valence electrons. The van der Waals surface area contributed by atoms with Gasteiger partial charge in [0, 0.05) is 0 Å². The van der Waals surface area contributed by atoms with Crippen LogP contribution in [0, 0.1) is 0 Å². The summed E-state index contributed by atoms with van der Waals surface area (Å²) in [4.78, 5) is 10.6. The Hall–Kier alpha value is 0.200. The van der Waals surface area contributed by atoms with Crippen molar-refractivity contribution in [2.75, 3.05) is 0 Å². The van der Waals surface area contributed by atoms with Gasteiger partial charge in [0.05, 0.1) is 22.6 Å². The molecule has 1 fully saturated rings. The molecule has 0 spiro atoms. The predicted molar refractivity (Wildman–Crippen MR) is 47.4 cm³/mol. The second kappa shape index (κ2) is 3.07. The Morgan fingerprint density at radius 2 is 2.00 bits per heavy atom. The molecule has 1 rings (SSSR count). The molecule has 0 atom stereocenters. The first-order chi connectivity index (χ1) is 4.62. The molecule has 0 aromatic carbocycles. The Bertz CT molecular complexity index is 139. The fraction of sp³-hybridized carbons (Fsp3) is 0.857. The zero-order valence-electron chi connectivity index (χ0n) is 6.02. The number of hydrogen-bond acceptors (Lipinski definition) is 2. The highest BCUT2D eigenvalue weighted by Gasteiger charge is 2.31. The van der Waals surface area contributed by atoms with Crippen molar-refractivity contribution in [3.63, 3.8) is 0 Å². The summed E-state index contributed by atoms with van der Waals surface area (Å²) >= 11 is 1.68. The zero-order valence-corrected chi connectivity index (χ0v) is 8.18. The van der Waals surface area contributed by atoms with Crippen molar-refractivity contribution in [2.24, 2.45) is 0 Å². The van der Waals surface area contributed by atoms with Gasteiger partial charge in [-0.15, -0.1) is 0 Å². The highest BCUT2D eigenvalue weighted by molar-refractivity contribution is 14.1. The standard InChI is InChI=1S/C7H11IO2/c1-7(10-6(8)9)4-2-3-5-7/h2-5H2,1H3. The van der Waals surface area contributed by atoms with Crippen molar-refractivity contribution >= 4 is 26.6 Å². The van der Waals surface area contributed by atoms with E-state index < -0.39 is 0 Å². The van der Waals surface area contributed by atoms with Gasteiger partial charge >= 0.3 is 3.98 Å². The quantitative estimate of drug-likeness (QED) is 0.531. The Kier molecular flexibility index (Phi) is 2.55. The lowest BCUT2D eigenvalue weighted by Crippen LogP contribution is -2.25. The summed E-state index contributed by atoms with van der Waals surface area (Å²) in [5.41, 5.74) is -0.141. The van der Waals surface area contributed by atoms with Crippen LogP contribution in [0.2, 0.25) is 0 Å². The summed E-state index contributed by atoms with van der Waals surface area (Å²) in [7, 11) is 0. The number of ether oxygens (including phenoxy) is 1. The average Bonchev–Trinajstić information content (AvgIpc) is 2.12. The first-order valence-electron chi connectivity index (χ1n) is 3.51. The van der Waals surface area contributed by atoms with Crippen molar-refractivity contribution in [2.45, 2.75) is 38.2 Å². The minimum Gasteiger partial charge on any atom is -0.452 e. The fourth-order valence-electron chi connectivity index (χ4n) is 1.42. The van der Waals surface area contributed by atoms with Gasteiger partial charge in [0.15, 0.2) is 0 Å². The molecule has 0 N–H and O–H groups in total. The maximum absolute atomic E-state index is 10.6. The van der Waals surface area contributed by atoms with E-state index in [1.807, 2.05) is 6.92 Å². The van der Waals surface area contributed by atoms with E-state index >= 15 is 0 Å². The smallest absolute Gasteiger partial charge is 0.367 e. The van der Waals surface area contributed by atoms with Crippen molar-refractivity contribution in [1.82, 2.24) is 0 Å². The summed E-state index contributed by atoms with van der Waals surface area (Å²) in [5, 5.41) is 0. The minimum atomic E-state index is -0.179. The second-order valence-electron chi connectivity index (χ2n) is 3.00. The molecule has 0 unspecified atom stereocenters. The van der Waals surface area contributed by atoms with E-state index in [0.29, 0.717) is 0 Å². The van der Waals surface area contributed by atoms with Crippen LogP contribution in [0.4, 0.5) is 4.79 Å². The number of rotatable bonds is 1. The lowest BCUT2D eigenvalue weighted by Gasteiger charge is -2.21. The van der Waals surface area contributed by atoms with Gasteiger partial charge in [-0.25, -0.2) is 4.79 Å². The third-order valence-corrected chi connectivity index (χ3v) is 2.21. The molecule has 2 nitrogen and oxygen atoms in total. The molecule has 0 heterocycles. The first kappa shape index (κ1) is 8.30. The van der Waals surface area contributed by atoms with Crippen LogP contribution >= 0.6 is 22.6 Å². The van der Waals surface area contributed by atoms with Crippen LogP contribution in [0.1, 0.15) is 32.6 Å². The predicted octanol–water partition coefficient (Wildman–Crippen LogP) is 2.89. The summed E-state index contributed by atoms with van der Waals surface area (Å²) in [5.74, 6) is 0. The largest absolute Gasteiger partial charge is 0.452 e. The van der Waals surface area contributed by atoms with E-state index in [4.69, 9.17) is 4.74 Å². The number of carbonyl (C=O) groups is 1. The SMILES string of the molecule is CC1(OC(=O)I)CCCC1. The molecular weight excluding hydrogens is 243 g/mol. The van der Waals surface area contributed by atoms with Crippen molar-refractivity contribution < 1.29 is 9.53 Å². The van der Waals surface area contributed by atoms with Crippen molar-refractivity contribution in [3.05, 3.63) is 0 Å². The summed E-state index contributed by atoms with van der Waals surface area (Å²) in [6.45, 7) is 2.01. The van der Waals surface area contributed by atoms with E-state index in [0.717, 1.165) is 12.8 Å². The van der Waals surface area contributed by atoms with E-state index in [9.17, 15) is 4.79 Å². The number of carbonyl (C=O) groups excluding carboxylic acids is 1. The zero-order chi connectivity index (χ0) is 7.61. The van der Waals surface area contributed by atoms with Gasteiger partial charge in [0.25, 0.3) is 0 Å². The van der Waals surface area contributed by atoms with Crippen molar-refractivity contribution in [3.8, 4) is 0 Å². The van der Waals surface area contributed by atoms with Gasteiger partial charge in [-0.05, 0) is 32.6 Å². The van der Waals surface area contributed by atoms with Crippen LogP contribution in [0.5, 0.6) is 0 Å². The third-order valence-electron chi connectivity index (χ3n) is 1.99. The minimum absolute atomic E-state index is 0.141. The van der Waals surface area contributed by atoms with Crippen LogP contribution in [0.25, 0.3) is 0 Å². The van der Waals surface area contributed by atoms with Gasteiger partial charge in [-0.1, -0.05) is 0 Å². The molecule has 0 amide bonds. The van der Waals surface area contributed by atoms with Gasteiger partial charge in [-0.2, -0.15) is 0 Å². The Balaban J connectivity index is 2.43. The molecule has 1 saturated carbocycles. The van der Waals surface area contributed by atoms with E-state index in [-0.39, 0.29) is 9.58 Å². The molecule has 10 heavy (non-hydrogen) atoms. The molecule has 0 aliphatic heterocycles. The Labute approximate surface area is 74.5 Å².